The zero-order valence-electron chi connectivity index (χ0n) is 10.3. The van der Waals surface area contributed by atoms with E-state index in [1.54, 1.807) is 4.90 Å². The van der Waals surface area contributed by atoms with Gasteiger partial charge in [0.25, 0.3) is 0 Å². The zero-order valence-corrected chi connectivity index (χ0v) is 10.3. The van der Waals surface area contributed by atoms with E-state index in [1.165, 1.54) is 0 Å². The Hall–Kier alpha value is -1.79. The van der Waals surface area contributed by atoms with Gasteiger partial charge < -0.3 is 5.32 Å². The number of carbonyl (C=O) groups excluding carboxylic acids is 1. The highest BCUT2D eigenvalue weighted by Crippen LogP contribution is 2.10. The quantitative estimate of drug-likeness (QED) is 0.776. The van der Waals surface area contributed by atoms with Gasteiger partial charge in [-0.15, -0.1) is 6.42 Å². The first-order valence-electron chi connectivity index (χ1n) is 5.59. The van der Waals surface area contributed by atoms with Crippen LogP contribution in [-0.4, -0.2) is 30.9 Å². The molecule has 0 spiro atoms. The van der Waals surface area contributed by atoms with Gasteiger partial charge in [-0.3, -0.25) is 9.69 Å². The summed E-state index contributed by atoms with van der Waals surface area (Å²) in [7, 11) is 1.83. The molecule has 90 valence electrons. The van der Waals surface area contributed by atoms with E-state index in [2.05, 4.69) is 11.2 Å². The molecule has 1 amide bonds. The van der Waals surface area contributed by atoms with Crippen LogP contribution in [0.15, 0.2) is 30.3 Å². The van der Waals surface area contributed by atoms with Gasteiger partial charge in [0.05, 0.1) is 19.1 Å². The molecule has 17 heavy (non-hydrogen) atoms. The number of carbonyl (C=O) groups is 1. The summed E-state index contributed by atoms with van der Waals surface area (Å²) >= 11 is 0. The molecule has 0 aliphatic carbocycles. The van der Waals surface area contributed by atoms with Gasteiger partial charge in [0, 0.05) is 0 Å². The van der Waals surface area contributed by atoms with Crippen molar-refractivity contribution in [2.45, 2.75) is 13.0 Å². The Morgan fingerprint density at radius 1 is 1.47 bits per heavy atom. The van der Waals surface area contributed by atoms with Crippen LogP contribution in [0.2, 0.25) is 0 Å². The van der Waals surface area contributed by atoms with Crippen LogP contribution >= 0.6 is 0 Å². The highest BCUT2D eigenvalue weighted by molar-refractivity contribution is 5.78. The largest absolute Gasteiger partial charge is 0.348 e. The SMILES string of the molecule is C#CCN(C)CC(=O)NC(C)c1ccccc1. The summed E-state index contributed by atoms with van der Waals surface area (Å²) in [6.07, 6.45) is 5.17. The van der Waals surface area contributed by atoms with Gasteiger partial charge in [-0.05, 0) is 19.5 Å². The standard InChI is InChI=1S/C14H18N2O/c1-4-10-16(3)11-14(17)15-12(2)13-8-6-5-7-9-13/h1,5-9,12H,10-11H2,2-3H3,(H,15,17). The molecule has 1 N–H and O–H groups in total. The molecular weight excluding hydrogens is 212 g/mol. The first kappa shape index (κ1) is 13.3. The fraction of sp³-hybridized carbons (Fsp3) is 0.357. The summed E-state index contributed by atoms with van der Waals surface area (Å²) in [5.41, 5.74) is 1.10. The monoisotopic (exact) mass is 230 g/mol. The Balaban J connectivity index is 2.44. The predicted molar refractivity (Wildman–Crippen MR) is 69.3 cm³/mol. The van der Waals surface area contributed by atoms with Crippen LogP contribution in [-0.2, 0) is 4.79 Å². The van der Waals surface area contributed by atoms with Gasteiger partial charge in [-0.2, -0.15) is 0 Å². The Morgan fingerprint density at radius 2 is 2.12 bits per heavy atom. The first-order valence-corrected chi connectivity index (χ1v) is 5.59. The summed E-state index contributed by atoms with van der Waals surface area (Å²) in [5, 5.41) is 2.94. The van der Waals surface area contributed by atoms with Gasteiger partial charge in [0.15, 0.2) is 0 Å². The van der Waals surface area contributed by atoms with E-state index >= 15 is 0 Å². The van der Waals surface area contributed by atoms with Crippen LogP contribution in [0, 0.1) is 12.3 Å². The molecule has 0 bridgehead atoms. The van der Waals surface area contributed by atoms with Crippen LogP contribution in [0.1, 0.15) is 18.5 Å². The fourth-order valence-electron chi connectivity index (χ4n) is 1.57. The lowest BCUT2D eigenvalue weighted by molar-refractivity contribution is -0.122. The van der Waals surface area contributed by atoms with Crippen molar-refractivity contribution in [2.75, 3.05) is 20.1 Å². The normalized spacial score (nSPS) is 11.9. The third-order valence-corrected chi connectivity index (χ3v) is 2.45. The molecule has 0 saturated carbocycles. The lowest BCUT2D eigenvalue weighted by Gasteiger charge is -2.17. The molecule has 0 heterocycles. The molecule has 3 heteroatoms. The number of hydrogen-bond donors (Lipinski definition) is 1. The first-order chi connectivity index (χ1) is 8.13. The minimum absolute atomic E-state index is 0.0147. The van der Waals surface area contributed by atoms with E-state index in [-0.39, 0.29) is 11.9 Å². The van der Waals surface area contributed by atoms with Crippen molar-refractivity contribution in [1.29, 1.82) is 0 Å². The fourth-order valence-corrected chi connectivity index (χ4v) is 1.57. The Labute approximate surface area is 103 Å². The minimum Gasteiger partial charge on any atom is -0.348 e. The van der Waals surface area contributed by atoms with Crippen molar-refractivity contribution in [2.24, 2.45) is 0 Å². The average molecular weight is 230 g/mol. The number of benzene rings is 1. The second kappa shape index (κ2) is 6.72. The number of rotatable bonds is 5. The molecule has 1 aromatic carbocycles. The minimum atomic E-state index is -0.0147. The zero-order chi connectivity index (χ0) is 12.7. The second-order valence-corrected chi connectivity index (χ2v) is 4.08. The number of likely N-dealkylation sites (N-methyl/N-ethyl adjacent to an activating group) is 1. The molecule has 3 nitrogen and oxygen atoms in total. The molecule has 0 aliphatic rings. The molecule has 0 aliphatic heterocycles. The maximum Gasteiger partial charge on any atom is 0.234 e. The number of amides is 1. The van der Waals surface area contributed by atoms with Gasteiger partial charge in [-0.25, -0.2) is 0 Å². The molecule has 0 saturated heterocycles. The Bertz CT molecular complexity index is 394. The van der Waals surface area contributed by atoms with E-state index in [0.29, 0.717) is 13.1 Å². The summed E-state index contributed by atoms with van der Waals surface area (Å²) in [6.45, 7) is 2.77. The van der Waals surface area contributed by atoms with Crippen LogP contribution in [0.4, 0.5) is 0 Å². The molecule has 1 unspecified atom stereocenters. The Morgan fingerprint density at radius 3 is 2.71 bits per heavy atom. The molecule has 0 aromatic heterocycles. The highest BCUT2D eigenvalue weighted by Gasteiger charge is 2.10. The van der Waals surface area contributed by atoms with Gasteiger partial charge in [0.1, 0.15) is 0 Å². The molecule has 1 atom stereocenters. The molecule has 1 rings (SSSR count). The molecule has 0 radical (unpaired) electrons. The summed E-state index contributed by atoms with van der Waals surface area (Å²) < 4.78 is 0. The topological polar surface area (TPSA) is 32.3 Å². The molecule has 0 fully saturated rings. The van der Waals surface area contributed by atoms with Crippen molar-refractivity contribution in [3.8, 4) is 12.3 Å². The van der Waals surface area contributed by atoms with E-state index in [0.717, 1.165) is 5.56 Å². The van der Waals surface area contributed by atoms with E-state index in [4.69, 9.17) is 6.42 Å². The van der Waals surface area contributed by atoms with Gasteiger partial charge in [-0.1, -0.05) is 36.3 Å². The van der Waals surface area contributed by atoms with Crippen molar-refractivity contribution < 1.29 is 4.79 Å². The van der Waals surface area contributed by atoms with Crippen LogP contribution < -0.4 is 5.32 Å². The number of hydrogen-bond acceptors (Lipinski definition) is 2. The Kier molecular flexibility index (Phi) is 5.25. The maximum atomic E-state index is 11.7. The van der Waals surface area contributed by atoms with Crippen LogP contribution in [0.3, 0.4) is 0 Å². The van der Waals surface area contributed by atoms with E-state index in [1.807, 2.05) is 44.3 Å². The summed E-state index contributed by atoms with van der Waals surface area (Å²) in [4.78, 5) is 13.5. The van der Waals surface area contributed by atoms with Crippen molar-refractivity contribution in [3.63, 3.8) is 0 Å². The van der Waals surface area contributed by atoms with Gasteiger partial charge in [0.2, 0.25) is 5.91 Å². The second-order valence-electron chi connectivity index (χ2n) is 4.08. The lowest BCUT2D eigenvalue weighted by atomic mass is 10.1. The van der Waals surface area contributed by atoms with E-state index < -0.39 is 0 Å². The van der Waals surface area contributed by atoms with Crippen LogP contribution in [0.25, 0.3) is 0 Å². The van der Waals surface area contributed by atoms with Crippen molar-refractivity contribution in [1.82, 2.24) is 10.2 Å². The number of terminal acetylenes is 1. The third kappa shape index (κ3) is 4.71. The molecular formula is C14H18N2O. The number of nitrogens with zero attached hydrogens (tertiary/aromatic N) is 1. The third-order valence-electron chi connectivity index (χ3n) is 2.45. The maximum absolute atomic E-state index is 11.7. The molecule has 1 aromatic rings. The average Bonchev–Trinajstić information content (AvgIpc) is 2.30. The summed E-state index contributed by atoms with van der Waals surface area (Å²) in [5.74, 6) is 2.49. The van der Waals surface area contributed by atoms with Crippen LogP contribution in [0.5, 0.6) is 0 Å². The highest BCUT2D eigenvalue weighted by atomic mass is 16.2. The summed E-state index contributed by atoms with van der Waals surface area (Å²) in [6, 6.07) is 9.89. The number of nitrogens with one attached hydrogen (secondary N) is 1. The van der Waals surface area contributed by atoms with Gasteiger partial charge >= 0.3 is 0 Å². The van der Waals surface area contributed by atoms with Crippen molar-refractivity contribution >= 4 is 5.91 Å². The predicted octanol–water partition coefficient (Wildman–Crippen LogP) is 1.43. The van der Waals surface area contributed by atoms with E-state index in [9.17, 15) is 4.79 Å². The lowest BCUT2D eigenvalue weighted by Crippen LogP contribution is -2.36. The smallest absolute Gasteiger partial charge is 0.234 e. The van der Waals surface area contributed by atoms with Crippen molar-refractivity contribution in [3.05, 3.63) is 35.9 Å².